The van der Waals surface area contributed by atoms with Crippen LogP contribution in [0.25, 0.3) is 0 Å². The molecule has 0 spiro atoms. The maximum Gasteiger partial charge on any atom is 0.220 e. The van der Waals surface area contributed by atoms with E-state index >= 15 is 0 Å². The second-order valence-corrected chi connectivity index (χ2v) is 4.13. The van der Waals surface area contributed by atoms with E-state index in [4.69, 9.17) is 9.84 Å². The number of rotatable bonds is 5. The summed E-state index contributed by atoms with van der Waals surface area (Å²) in [7, 11) is 0. The number of aliphatic hydroxyl groups is 1. The van der Waals surface area contributed by atoms with Crippen LogP contribution in [0.15, 0.2) is 0 Å². The first kappa shape index (κ1) is 12.5. The highest BCUT2D eigenvalue weighted by Gasteiger charge is 2.21. The first-order valence-electron chi connectivity index (χ1n) is 5.72. The van der Waals surface area contributed by atoms with Crippen LogP contribution in [0.4, 0.5) is 0 Å². The van der Waals surface area contributed by atoms with Gasteiger partial charge in [0.25, 0.3) is 0 Å². The van der Waals surface area contributed by atoms with Gasteiger partial charge in [0.2, 0.25) is 5.91 Å². The lowest BCUT2D eigenvalue weighted by atomic mass is 9.93. The van der Waals surface area contributed by atoms with Crippen LogP contribution in [0.1, 0.15) is 32.6 Å². The third-order valence-corrected chi connectivity index (χ3v) is 2.92. The number of ether oxygens (including phenoxy) is 1. The molecule has 0 radical (unpaired) electrons. The average Bonchev–Trinajstić information content (AvgIpc) is 2.27. The summed E-state index contributed by atoms with van der Waals surface area (Å²) < 4.78 is 5.27. The lowest BCUT2D eigenvalue weighted by molar-refractivity contribution is -0.122. The van der Waals surface area contributed by atoms with E-state index in [-0.39, 0.29) is 18.6 Å². The van der Waals surface area contributed by atoms with Crippen molar-refractivity contribution in [3.8, 4) is 0 Å². The lowest BCUT2D eigenvalue weighted by Crippen LogP contribution is -2.40. The molecule has 0 aromatic heterocycles. The molecule has 1 fully saturated rings. The zero-order chi connectivity index (χ0) is 11.1. The molecule has 1 rings (SSSR count). The van der Waals surface area contributed by atoms with Crippen molar-refractivity contribution in [3.63, 3.8) is 0 Å². The Balaban J connectivity index is 2.21. The minimum absolute atomic E-state index is 0.0445. The quantitative estimate of drug-likeness (QED) is 0.709. The first-order chi connectivity index (χ1) is 7.24. The topological polar surface area (TPSA) is 58.6 Å². The summed E-state index contributed by atoms with van der Waals surface area (Å²) in [5.41, 5.74) is 0. The van der Waals surface area contributed by atoms with E-state index in [1.54, 1.807) is 0 Å². The number of hydrogen-bond donors (Lipinski definition) is 2. The molecule has 4 heteroatoms. The Bertz CT molecular complexity index is 190. The van der Waals surface area contributed by atoms with Crippen molar-refractivity contribution < 1.29 is 14.6 Å². The molecule has 4 nitrogen and oxygen atoms in total. The van der Waals surface area contributed by atoms with Crippen LogP contribution in [0.2, 0.25) is 0 Å². The van der Waals surface area contributed by atoms with Crippen molar-refractivity contribution >= 4 is 5.91 Å². The molecule has 88 valence electrons. The van der Waals surface area contributed by atoms with Crippen molar-refractivity contribution in [3.05, 3.63) is 0 Å². The number of amides is 1. The smallest absolute Gasteiger partial charge is 0.220 e. The van der Waals surface area contributed by atoms with Gasteiger partial charge in [0.05, 0.1) is 0 Å². The number of hydrogen-bond acceptors (Lipinski definition) is 3. The third-order valence-electron chi connectivity index (χ3n) is 2.92. The fraction of sp³-hybridized carbons (Fsp3) is 0.909. The molecule has 1 atom stereocenters. The van der Waals surface area contributed by atoms with Crippen LogP contribution in [0.3, 0.4) is 0 Å². The highest BCUT2D eigenvalue weighted by Crippen LogP contribution is 2.18. The molecular formula is C11H21NO3. The van der Waals surface area contributed by atoms with Gasteiger partial charge in [-0.1, -0.05) is 0 Å². The van der Waals surface area contributed by atoms with Gasteiger partial charge in [0.1, 0.15) is 0 Å². The Hall–Kier alpha value is -0.610. The van der Waals surface area contributed by atoms with Gasteiger partial charge in [0.15, 0.2) is 0 Å². The Labute approximate surface area is 91.0 Å². The molecule has 1 heterocycles. The van der Waals surface area contributed by atoms with E-state index in [1.165, 1.54) is 0 Å². The number of aliphatic hydroxyl groups excluding tert-OH is 1. The Morgan fingerprint density at radius 2 is 2.20 bits per heavy atom. The van der Waals surface area contributed by atoms with E-state index in [9.17, 15) is 4.79 Å². The van der Waals surface area contributed by atoms with E-state index in [2.05, 4.69) is 5.32 Å². The molecule has 1 amide bonds. The zero-order valence-corrected chi connectivity index (χ0v) is 9.37. The summed E-state index contributed by atoms with van der Waals surface area (Å²) in [6, 6.07) is 0.222. The first-order valence-corrected chi connectivity index (χ1v) is 5.72. The van der Waals surface area contributed by atoms with Gasteiger partial charge in [-0.05, 0) is 32.1 Å². The predicted molar refractivity (Wildman–Crippen MR) is 57.5 cm³/mol. The second-order valence-electron chi connectivity index (χ2n) is 4.13. The van der Waals surface area contributed by atoms with Crippen molar-refractivity contribution in [1.82, 2.24) is 5.32 Å². The summed E-state index contributed by atoms with van der Waals surface area (Å²) in [4.78, 5) is 11.4. The summed E-state index contributed by atoms with van der Waals surface area (Å²) in [6.07, 6.45) is 3.03. The molecule has 15 heavy (non-hydrogen) atoms. The molecule has 0 aromatic carbocycles. The summed E-state index contributed by atoms with van der Waals surface area (Å²) in [5.74, 6) is 0.583. The number of carbonyl (C=O) groups is 1. The number of nitrogens with one attached hydrogen (secondary N) is 1. The third kappa shape index (κ3) is 4.62. The second kappa shape index (κ2) is 6.80. The molecule has 2 N–H and O–H groups in total. The van der Waals surface area contributed by atoms with Gasteiger partial charge in [-0.25, -0.2) is 0 Å². The lowest BCUT2D eigenvalue weighted by Gasteiger charge is -2.28. The standard InChI is InChI=1S/C11H21NO3/c1-9(10-4-7-15-8-5-10)12-11(14)3-2-6-13/h9-10,13H,2-8H2,1H3,(H,12,14). The van der Waals surface area contributed by atoms with Crippen molar-refractivity contribution in [2.45, 2.75) is 38.6 Å². The van der Waals surface area contributed by atoms with Crippen LogP contribution < -0.4 is 5.32 Å². The predicted octanol–water partition coefficient (Wildman–Crippen LogP) is 0.690. The van der Waals surface area contributed by atoms with E-state index in [0.29, 0.717) is 18.8 Å². The highest BCUT2D eigenvalue weighted by molar-refractivity contribution is 5.76. The molecule has 0 bridgehead atoms. The van der Waals surface area contributed by atoms with Crippen molar-refractivity contribution in [1.29, 1.82) is 0 Å². The monoisotopic (exact) mass is 215 g/mol. The molecule has 1 saturated heterocycles. The normalized spacial score (nSPS) is 19.9. The molecule has 1 unspecified atom stereocenters. The Morgan fingerprint density at radius 1 is 1.53 bits per heavy atom. The minimum Gasteiger partial charge on any atom is -0.396 e. The Kier molecular flexibility index (Phi) is 5.65. The van der Waals surface area contributed by atoms with Crippen LogP contribution in [0, 0.1) is 5.92 Å². The molecular weight excluding hydrogens is 194 g/mol. The van der Waals surface area contributed by atoms with Gasteiger partial charge in [-0.2, -0.15) is 0 Å². The maximum absolute atomic E-state index is 11.4. The molecule has 1 aliphatic heterocycles. The van der Waals surface area contributed by atoms with Gasteiger partial charge in [0, 0.05) is 32.3 Å². The highest BCUT2D eigenvalue weighted by atomic mass is 16.5. The summed E-state index contributed by atoms with van der Waals surface area (Å²) in [6.45, 7) is 3.74. The Morgan fingerprint density at radius 3 is 2.80 bits per heavy atom. The summed E-state index contributed by atoms with van der Waals surface area (Å²) >= 11 is 0. The van der Waals surface area contributed by atoms with Crippen molar-refractivity contribution in [2.75, 3.05) is 19.8 Å². The molecule has 0 aromatic rings. The van der Waals surface area contributed by atoms with Crippen LogP contribution in [-0.4, -0.2) is 36.9 Å². The van der Waals surface area contributed by atoms with Crippen LogP contribution >= 0.6 is 0 Å². The number of carbonyl (C=O) groups excluding carboxylic acids is 1. The van der Waals surface area contributed by atoms with Gasteiger partial charge < -0.3 is 15.2 Å². The van der Waals surface area contributed by atoms with Gasteiger partial charge in [-0.15, -0.1) is 0 Å². The molecule has 0 saturated carbocycles. The molecule has 0 aliphatic carbocycles. The van der Waals surface area contributed by atoms with Gasteiger partial charge in [-0.3, -0.25) is 4.79 Å². The maximum atomic E-state index is 11.4. The van der Waals surface area contributed by atoms with Gasteiger partial charge >= 0.3 is 0 Å². The average molecular weight is 215 g/mol. The minimum atomic E-state index is 0.0445. The summed E-state index contributed by atoms with van der Waals surface area (Å²) in [5, 5.41) is 11.6. The van der Waals surface area contributed by atoms with E-state index in [1.807, 2.05) is 6.92 Å². The van der Waals surface area contributed by atoms with E-state index < -0.39 is 0 Å². The largest absolute Gasteiger partial charge is 0.396 e. The fourth-order valence-corrected chi connectivity index (χ4v) is 1.90. The fourth-order valence-electron chi connectivity index (χ4n) is 1.90. The van der Waals surface area contributed by atoms with Crippen LogP contribution in [-0.2, 0) is 9.53 Å². The van der Waals surface area contributed by atoms with Crippen LogP contribution in [0.5, 0.6) is 0 Å². The van der Waals surface area contributed by atoms with E-state index in [0.717, 1.165) is 26.1 Å². The van der Waals surface area contributed by atoms with Crippen molar-refractivity contribution in [2.24, 2.45) is 5.92 Å². The SMILES string of the molecule is CC(NC(=O)CCCO)C1CCOCC1. The molecule has 1 aliphatic rings. The zero-order valence-electron chi connectivity index (χ0n) is 9.37.